The van der Waals surface area contributed by atoms with Gasteiger partial charge in [-0.15, -0.1) is 0 Å². The van der Waals surface area contributed by atoms with Gasteiger partial charge in [-0.25, -0.2) is 0 Å². The molecule has 0 aromatic heterocycles. The van der Waals surface area contributed by atoms with Crippen molar-refractivity contribution in [1.82, 2.24) is 0 Å². The van der Waals surface area contributed by atoms with Crippen molar-refractivity contribution in [1.29, 1.82) is 0 Å². The fraction of sp³-hybridized carbons (Fsp3) is 0.286. The Kier molecular flexibility index (Phi) is 6.99. The van der Waals surface area contributed by atoms with E-state index in [1.165, 1.54) is 4.90 Å². The number of benzene rings is 2. The highest BCUT2D eigenvalue weighted by Crippen LogP contribution is 2.30. The van der Waals surface area contributed by atoms with E-state index in [-0.39, 0.29) is 18.9 Å². The largest absolute Gasteiger partial charge is 0.497 e. The van der Waals surface area contributed by atoms with Gasteiger partial charge in [0.15, 0.2) is 6.61 Å². The number of carbonyl (C=O) groups excluding carboxylic acids is 3. The lowest BCUT2D eigenvalue weighted by Gasteiger charge is -2.17. The van der Waals surface area contributed by atoms with Crippen molar-refractivity contribution < 1.29 is 23.9 Å². The molecule has 30 heavy (non-hydrogen) atoms. The molecule has 0 aliphatic carbocycles. The summed E-state index contributed by atoms with van der Waals surface area (Å²) in [6.07, 6.45) is 0.0269. The van der Waals surface area contributed by atoms with Crippen LogP contribution in [0, 0.1) is 12.8 Å². The first kappa shape index (κ1) is 22.1. The molecular formula is C21H20BrClN2O5. The monoisotopic (exact) mass is 494 g/mol. The number of amides is 2. The molecule has 1 atom stereocenters. The SMILES string of the molecule is COc1cccc(N2C[C@@H](C(=O)OCC(=O)Nc3cc(Cl)c(Br)cc3C)CC2=O)c1. The van der Waals surface area contributed by atoms with Gasteiger partial charge in [0.05, 0.1) is 18.1 Å². The summed E-state index contributed by atoms with van der Waals surface area (Å²) in [6, 6.07) is 10.4. The second-order valence-corrected chi connectivity index (χ2v) is 8.11. The molecule has 9 heteroatoms. The number of hydrogen-bond donors (Lipinski definition) is 1. The van der Waals surface area contributed by atoms with Crippen LogP contribution < -0.4 is 15.0 Å². The highest BCUT2D eigenvalue weighted by Gasteiger charge is 2.36. The molecule has 2 aromatic carbocycles. The molecule has 1 aliphatic heterocycles. The number of hydrogen-bond acceptors (Lipinski definition) is 5. The van der Waals surface area contributed by atoms with Crippen LogP contribution in [-0.2, 0) is 19.1 Å². The maximum atomic E-state index is 12.4. The quantitative estimate of drug-likeness (QED) is 0.613. The predicted molar refractivity (Wildman–Crippen MR) is 117 cm³/mol. The Morgan fingerprint density at radius 1 is 1.30 bits per heavy atom. The molecule has 2 aromatic rings. The summed E-state index contributed by atoms with van der Waals surface area (Å²) in [5, 5.41) is 3.12. The summed E-state index contributed by atoms with van der Waals surface area (Å²) in [7, 11) is 1.54. The predicted octanol–water partition coefficient (Wildman–Crippen LogP) is 3.95. The zero-order valence-electron chi connectivity index (χ0n) is 16.4. The Morgan fingerprint density at radius 2 is 2.07 bits per heavy atom. The van der Waals surface area contributed by atoms with Crippen molar-refractivity contribution in [3.8, 4) is 5.75 Å². The van der Waals surface area contributed by atoms with Gasteiger partial charge in [-0.3, -0.25) is 14.4 Å². The smallest absolute Gasteiger partial charge is 0.311 e. The molecule has 7 nitrogen and oxygen atoms in total. The Bertz CT molecular complexity index is 997. The third kappa shape index (κ3) is 5.12. The number of esters is 1. The van der Waals surface area contributed by atoms with Crippen molar-refractivity contribution in [3.63, 3.8) is 0 Å². The molecule has 1 aliphatic rings. The highest BCUT2D eigenvalue weighted by molar-refractivity contribution is 9.10. The van der Waals surface area contributed by atoms with Gasteiger partial charge in [0.1, 0.15) is 5.75 Å². The number of ether oxygens (including phenoxy) is 2. The van der Waals surface area contributed by atoms with Gasteiger partial charge < -0.3 is 19.7 Å². The fourth-order valence-electron chi connectivity index (χ4n) is 3.12. The van der Waals surface area contributed by atoms with E-state index in [4.69, 9.17) is 21.1 Å². The molecule has 1 fully saturated rings. The van der Waals surface area contributed by atoms with E-state index >= 15 is 0 Å². The summed E-state index contributed by atoms with van der Waals surface area (Å²) in [4.78, 5) is 38.4. The topological polar surface area (TPSA) is 84.9 Å². The lowest BCUT2D eigenvalue weighted by atomic mass is 10.1. The molecule has 2 amide bonds. The van der Waals surface area contributed by atoms with Gasteiger partial charge in [-0.05, 0) is 52.7 Å². The van der Waals surface area contributed by atoms with E-state index in [0.29, 0.717) is 22.1 Å². The van der Waals surface area contributed by atoms with Gasteiger partial charge in [0, 0.05) is 34.9 Å². The average molecular weight is 496 g/mol. The maximum Gasteiger partial charge on any atom is 0.311 e. The van der Waals surface area contributed by atoms with Gasteiger partial charge in [-0.2, -0.15) is 0 Å². The number of methoxy groups -OCH3 is 1. The van der Waals surface area contributed by atoms with Crippen LogP contribution in [0.1, 0.15) is 12.0 Å². The third-order valence-electron chi connectivity index (χ3n) is 4.71. The second kappa shape index (κ2) is 9.49. The van der Waals surface area contributed by atoms with Crippen LogP contribution in [0.4, 0.5) is 11.4 Å². The Hall–Kier alpha value is -2.58. The van der Waals surface area contributed by atoms with Crippen LogP contribution in [0.2, 0.25) is 5.02 Å². The zero-order valence-corrected chi connectivity index (χ0v) is 18.7. The van der Waals surface area contributed by atoms with Crippen molar-refractivity contribution in [2.24, 2.45) is 5.92 Å². The van der Waals surface area contributed by atoms with Crippen LogP contribution in [0.25, 0.3) is 0 Å². The number of nitrogens with one attached hydrogen (secondary N) is 1. The van der Waals surface area contributed by atoms with Gasteiger partial charge in [-0.1, -0.05) is 17.7 Å². The minimum atomic E-state index is -0.639. The first-order valence-electron chi connectivity index (χ1n) is 9.15. The standard InChI is InChI=1S/C21H20BrClN2O5/c1-12-6-16(22)17(23)9-18(12)24-19(26)11-30-21(28)13-7-20(27)25(10-13)14-4-3-5-15(8-14)29-2/h3-6,8-9,13H,7,10-11H2,1-2H3,(H,24,26)/t13-/m0/s1. The maximum absolute atomic E-state index is 12.4. The van der Waals surface area contributed by atoms with E-state index in [1.807, 2.05) is 6.92 Å². The van der Waals surface area contributed by atoms with Crippen LogP contribution in [-0.4, -0.2) is 38.0 Å². The van der Waals surface area contributed by atoms with Crippen LogP contribution in [0.15, 0.2) is 40.9 Å². The lowest BCUT2D eigenvalue weighted by molar-refractivity contribution is -0.151. The van der Waals surface area contributed by atoms with Crippen LogP contribution in [0.5, 0.6) is 5.75 Å². The molecule has 0 unspecified atom stereocenters. The fourth-order valence-corrected chi connectivity index (χ4v) is 3.74. The molecule has 1 N–H and O–H groups in total. The summed E-state index contributed by atoms with van der Waals surface area (Å²) < 4.78 is 11.0. The lowest BCUT2D eigenvalue weighted by Crippen LogP contribution is -2.28. The third-order valence-corrected chi connectivity index (χ3v) is 5.91. The summed E-state index contributed by atoms with van der Waals surface area (Å²) in [6.45, 7) is 1.56. The minimum absolute atomic E-state index is 0.0269. The van der Waals surface area contributed by atoms with E-state index in [2.05, 4.69) is 21.2 Å². The first-order valence-corrected chi connectivity index (χ1v) is 10.3. The van der Waals surface area contributed by atoms with E-state index in [1.54, 1.807) is 43.5 Å². The number of rotatable bonds is 6. The Balaban J connectivity index is 1.55. The average Bonchev–Trinajstić information content (AvgIpc) is 3.12. The highest BCUT2D eigenvalue weighted by atomic mass is 79.9. The van der Waals surface area contributed by atoms with E-state index in [9.17, 15) is 14.4 Å². The van der Waals surface area contributed by atoms with Crippen molar-refractivity contribution in [2.45, 2.75) is 13.3 Å². The summed E-state index contributed by atoms with van der Waals surface area (Å²) in [5.41, 5.74) is 1.99. The van der Waals surface area contributed by atoms with Crippen molar-refractivity contribution >= 4 is 56.7 Å². The molecule has 1 saturated heterocycles. The molecule has 0 bridgehead atoms. The van der Waals surface area contributed by atoms with Gasteiger partial charge in [0.2, 0.25) is 5.91 Å². The molecule has 0 radical (unpaired) electrons. The van der Waals surface area contributed by atoms with Crippen LogP contribution >= 0.6 is 27.5 Å². The Morgan fingerprint density at radius 3 is 2.80 bits per heavy atom. The number of halogens is 2. The minimum Gasteiger partial charge on any atom is -0.497 e. The number of nitrogens with zero attached hydrogens (tertiary/aromatic N) is 1. The van der Waals surface area contributed by atoms with E-state index < -0.39 is 24.4 Å². The van der Waals surface area contributed by atoms with Crippen LogP contribution in [0.3, 0.4) is 0 Å². The number of aryl methyl sites for hydroxylation is 1. The molecule has 0 saturated carbocycles. The molecular weight excluding hydrogens is 476 g/mol. The van der Waals surface area contributed by atoms with E-state index in [0.717, 1.165) is 10.0 Å². The molecule has 3 rings (SSSR count). The normalized spacial score (nSPS) is 15.8. The summed E-state index contributed by atoms with van der Waals surface area (Å²) >= 11 is 9.37. The molecule has 0 spiro atoms. The zero-order chi connectivity index (χ0) is 21.8. The number of anilines is 2. The van der Waals surface area contributed by atoms with Gasteiger partial charge >= 0.3 is 5.97 Å². The first-order chi connectivity index (χ1) is 14.3. The second-order valence-electron chi connectivity index (χ2n) is 6.84. The Labute approximate surface area is 187 Å². The van der Waals surface area contributed by atoms with Crippen molar-refractivity contribution in [3.05, 3.63) is 51.5 Å². The van der Waals surface area contributed by atoms with Gasteiger partial charge in [0.25, 0.3) is 5.91 Å². The number of carbonyl (C=O) groups is 3. The summed E-state index contributed by atoms with van der Waals surface area (Å²) in [5.74, 6) is -1.28. The molecule has 1 heterocycles. The van der Waals surface area contributed by atoms with Crippen molar-refractivity contribution in [2.75, 3.05) is 30.5 Å². The molecule has 158 valence electrons.